The van der Waals surface area contributed by atoms with Crippen molar-refractivity contribution >= 4 is 22.8 Å². The van der Waals surface area contributed by atoms with E-state index in [1.807, 2.05) is 30.5 Å². The number of para-hydroxylation sites is 1. The Morgan fingerprint density at radius 1 is 1.24 bits per heavy atom. The van der Waals surface area contributed by atoms with Gasteiger partial charge in [-0.15, -0.1) is 6.58 Å². The second-order valence-corrected chi connectivity index (χ2v) is 9.69. The van der Waals surface area contributed by atoms with E-state index in [0.29, 0.717) is 24.7 Å². The molecule has 5 fully saturated rings. The molecule has 5 heterocycles. The van der Waals surface area contributed by atoms with Crippen LogP contribution in [0.2, 0.25) is 0 Å². The van der Waals surface area contributed by atoms with Gasteiger partial charge in [0.25, 0.3) is 0 Å². The van der Waals surface area contributed by atoms with Crippen molar-refractivity contribution in [3.63, 3.8) is 0 Å². The Labute approximate surface area is 193 Å². The largest absolute Gasteiger partial charge is 0.481 e. The molecular formula is C26H30N2O5. The Hall–Kier alpha value is -2.77. The van der Waals surface area contributed by atoms with Crippen LogP contribution in [0.1, 0.15) is 37.4 Å². The summed E-state index contributed by atoms with van der Waals surface area (Å²) in [7, 11) is 0. The van der Waals surface area contributed by atoms with E-state index in [4.69, 9.17) is 9.84 Å². The van der Waals surface area contributed by atoms with Crippen LogP contribution in [0, 0.1) is 23.7 Å². The van der Waals surface area contributed by atoms with Gasteiger partial charge in [0.15, 0.2) is 0 Å². The number of aliphatic hydroxyl groups is 1. The van der Waals surface area contributed by atoms with Gasteiger partial charge in [0.2, 0.25) is 0 Å². The number of aromatic nitrogens is 1. The highest BCUT2D eigenvalue weighted by molar-refractivity contribution is 5.84. The molecule has 7 nitrogen and oxygen atoms in total. The average Bonchev–Trinajstić information content (AvgIpc) is 3.44. The molecule has 0 radical (unpaired) electrons. The SMILES string of the molecule is C=CC1CN2CCC1CC2[C@H](O)c1ccnc2ccccc12.O=C(O)C1CC2CC1C(=O)O2. The van der Waals surface area contributed by atoms with Crippen molar-refractivity contribution in [2.24, 2.45) is 23.7 Å². The van der Waals surface area contributed by atoms with Crippen LogP contribution in [0.15, 0.2) is 49.2 Å². The fraction of sp³-hybridized carbons (Fsp3) is 0.500. The molecular weight excluding hydrogens is 420 g/mol. The van der Waals surface area contributed by atoms with Gasteiger partial charge in [0.05, 0.1) is 23.5 Å². The van der Waals surface area contributed by atoms with Crippen molar-refractivity contribution in [3.05, 3.63) is 54.7 Å². The normalized spacial score (nSPS) is 34.9. The first-order valence-electron chi connectivity index (χ1n) is 11.8. The van der Waals surface area contributed by atoms with Crippen LogP contribution < -0.4 is 0 Å². The number of hydrogen-bond acceptors (Lipinski definition) is 6. The molecule has 1 saturated carbocycles. The van der Waals surface area contributed by atoms with Gasteiger partial charge in [0.1, 0.15) is 6.10 Å². The molecule has 7 heteroatoms. The van der Waals surface area contributed by atoms with E-state index >= 15 is 0 Å². The highest BCUT2D eigenvalue weighted by atomic mass is 16.6. The highest BCUT2D eigenvalue weighted by Gasteiger charge is 2.51. The summed E-state index contributed by atoms with van der Waals surface area (Å²) in [6, 6.07) is 10.3. The summed E-state index contributed by atoms with van der Waals surface area (Å²) in [6.45, 7) is 6.11. The van der Waals surface area contributed by atoms with Gasteiger partial charge in [-0.1, -0.05) is 24.3 Å². The number of hydrogen-bond donors (Lipinski definition) is 2. The van der Waals surface area contributed by atoms with E-state index in [1.54, 1.807) is 0 Å². The molecule has 174 valence electrons. The average molecular weight is 451 g/mol. The summed E-state index contributed by atoms with van der Waals surface area (Å²) >= 11 is 0. The highest BCUT2D eigenvalue weighted by Crippen LogP contribution is 2.42. The van der Waals surface area contributed by atoms with Crippen molar-refractivity contribution in [3.8, 4) is 0 Å². The second-order valence-electron chi connectivity index (χ2n) is 9.69. The monoisotopic (exact) mass is 450 g/mol. The predicted octanol–water partition coefficient (Wildman–Crippen LogP) is 3.19. The number of carboxylic acid groups (broad SMARTS) is 1. The van der Waals surface area contributed by atoms with Crippen LogP contribution in [0.4, 0.5) is 0 Å². The Kier molecular flexibility index (Phi) is 5.93. The topological polar surface area (TPSA) is 100.0 Å². The zero-order valence-corrected chi connectivity index (χ0v) is 18.5. The quantitative estimate of drug-likeness (QED) is 0.545. The van der Waals surface area contributed by atoms with Gasteiger partial charge >= 0.3 is 11.9 Å². The number of ether oxygens (including phenoxy) is 1. The number of carboxylic acids is 1. The van der Waals surface area contributed by atoms with Crippen molar-refractivity contribution in [2.75, 3.05) is 13.1 Å². The second kappa shape index (κ2) is 8.88. The van der Waals surface area contributed by atoms with E-state index in [9.17, 15) is 14.7 Å². The summed E-state index contributed by atoms with van der Waals surface area (Å²) in [4.78, 5) is 28.2. The third-order valence-electron chi connectivity index (χ3n) is 7.94. The Morgan fingerprint density at radius 2 is 2.06 bits per heavy atom. The van der Waals surface area contributed by atoms with E-state index < -0.39 is 18.0 Å². The van der Waals surface area contributed by atoms with Crippen LogP contribution in [-0.4, -0.2) is 57.3 Å². The van der Waals surface area contributed by atoms with E-state index in [2.05, 4.69) is 28.6 Å². The van der Waals surface area contributed by atoms with Crippen LogP contribution >= 0.6 is 0 Å². The van der Waals surface area contributed by atoms with E-state index in [-0.39, 0.29) is 24.0 Å². The maximum Gasteiger partial charge on any atom is 0.310 e. The number of benzene rings is 1. The first-order chi connectivity index (χ1) is 16.0. The molecule has 1 aliphatic carbocycles. The van der Waals surface area contributed by atoms with Crippen molar-refractivity contribution < 1.29 is 24.5 Å². The zero-order valence-electron chi connectivity index (χ0n) is 18.5. The van der Waals surface area contributed by atoms with Gasteiger partial charge in [0, 0.05) is 24.2 Å². The number of aliphatic hydroxyl groups excluding tert-OH is 1. The first-order valence-corrected chi connectivity index (χ1v) is 11.8. The number of carbonyl (C=O) groups is 2. The zero-order chi connectivity index (χ0) is 23.1. The number of rotatable bonds is 4. The molecule has 7 unspecified atom stereocenters. The Balaban J connectivity index is 0.000000174. The summed E-state index contributed by atoms with van der Waals surface area (Å²) in [5, 5.41) is 20.7. The van der Waals surface area contributed by atoms with Crippen molar-refractivity contribution in [2.45, 2.75) is 43.9 Å². The molecule has 7 rings (SSSR count). The third kappa shape index (κ3) is 4.04. The van der Waals surface area contributed by atoms with Gasteiger partial charge in [-0.05, 0) is 61.8 Å². The third-order valence-corrected chi connectivity index (χ3v) is 7.94. The van der Waals surface area contributed by atoms with Crippen molar-refractivity contribution in [1.82, 2.24) is 9.88 Å². The molecule has 0 amide bonds. The number of carbonyl (C=O) groups excluding carboxylic acids is 1. The lowest BCUT2D eigenvalue weighted by molar-refractivity contribution is -0.158. The lowest BCUT2D eigenvalue weighted by Crippen LogP contribution is -2.54. The first kappa shape index (κ1) is 22.0. The van der Waals surface area contributed by atoms with Gasteiger partial charge in [-0.3, -0.25) is 19.5 Å². The van der Waals surface area contributed by atoms with Gasteiger partial charge < -0.3 is 14.9 Å². The maximum absolute atomic E-state index is 11.0. The lowest BCUT2D eigenvalue weighted by atomic mass is 9.73. The number of nitrogens with zero attached hydrogens (tertiary/aromatic N) is 2. The van der Waals surface area contributed by atoms with Gasteiger partial charge in [-0.25, -0.2) is 0 Å². The van der Waals surface area contributed by atoms with E-state index in [0.717, 1.165) is 36.0 Å². The molecule has 33 heavy (non-hydrogen) atoms. The van der Waals surface area contributed by atoms with Crippen molar-refractivity contribution in [1.29, 1.82) is 0 Å². The summed E-state index contributed by atoms with van der Waals surface area (Å²) in [6.07, 6.45) is 6.76. The summed E-state index contributed by atoms with van der Waals surface area (Å²) in [5.74, 6) is -0.775. The van der Waals surface area contributed by atoms with Crippen LogP contribution in [0.3, 0.4) is 0 Å². The van der Waals surface area contributed by atoms with Crippen LogP contribution in [-0.2, 0) is 14.3 Å². The minimum Gasteiger partial charge on any atom is -0.481 e. The summed E-state index contributed by atoms with van der Waals surface area (Å²) < 4.78 is 4.84. The fourth-order valence-electron chi connectivity index (χ4n) is 6.16. The molecule has 5 aliphatic rings. The Morgan fingerprint density at radius 3 is 2.70 bits per heavy atom. The molecule has 4 bridgehead atoms. The minimum absolute atomic E-state index is 0.117. The number of esters is 1. The molecule has 1 aromatic carbocycles. The maximum atomic E-state index is 11.0. The molecule has 0 spiro atoms. The number of piperidine rings is 3. The number of pyridine rings is 1. The molecule has 4 aliphatic heterocycles. The molecule has 2 N–H and O–H groups in total. The minimum atomic E-state index is -0.867. The predicted molar refractivity (Wildman–Crippen MR) is 122 cm³/mol. The van der Waals surface area contributed by atoms with Crippen LogP contribution in [0.25, 0.3) is 10.9 Å². The van der Waals surface area contributed by atoms with E-state index in [1.165, 1.54) is 6.42 Å². The fourth-order valence-corrected chi connectivity index (χ4v) is 6.16. The number of aliphatic carboxylic acids is 1. The Bertz CT molecular complexity index is 1070. The molecule has 4 saturated heterocycles. The lowest BCUT2D eigenvalue weighted by Gasteiger charge is -2.50. The molecule has 1 aromatic heterocycles. The standard InChI is InChI=1S/C19H22N2O.C7H8O4/c1-2-13-12-21-10-8-14(13)11-18(21)19(22)16-7-9-20-17-6-4-3-5-15(16)17;8-6(9)4-1-3-2-5(4)7(10)11-3/h2-7,9,13-14,18-19,22H,1,8,10-12H2;3-5H,1-2H2,(H,8,9)/t13?,14?,18?,19-;/m1./s1. The smallest absolute Gasteiger partial charge is 0.310 e. The summed E-state index contributed by atoms with van der Waals surface area (Å²) in [5.41, 5.74) is 1.97. The number of fused-ring (bicyclic) bond motifs is 6. The molecule has 8 atom stereocenters. The van der Waals surface area contributed by atoms with Crippen LogP contribution in [0.5, 0.6) is 0 Å². The van der Waals surface area contributed by atoms with Gasteiger partial charge in [-0.2, -0.15) is 0 Å². The molecule has 2 aromatic rings.